The van der Waals surface area contributed by atoms with Crippen LogP contribution in [0, 0.1) is 6.92 Å². The highest BCUT2D eigenvalue weighted by molar-refractivity contribution is 8.13. The fourth-order valence-corrected chi connectivity index (χ4v) is 6.34. The summed E-state index contributed by atoms with van der Waals surface area (Å²) in [4.78, 5) is 27.6. The first-order valence-electron chi connectivity index (χ1n) is 12.6. The summed E-state index contributed by atoms with van der Waals surface area (Å²) in [6.45, 7) is 3.17. The summed E-state index contributed by atoms with van der Waals surface area (Å²) in [5.74, 6) is -0.0737. The van der Waals surface area contributed by atoms with Crippen LogP contribution < -0.4 is 11.1 Å². The SMILES string of the molecule is Cc1cc(-c2cccc(S(=O)(=O)Cl)c2)c(Cl)cc1C1=C(N)[C@@]2(CCCN(CC(=O)NCc3ccco3)C2)OC1=O. The van der Waals surface area contributed by atoms with Gasteiger partial charge in [0.2, 0.25) is 5.91 Å². The van der Waals surface area contributed by atoms with Crippen LogP contribution in [0.5, 0.6) is 0 Å². The molecule has 1 fully saturated rings. The van der Waals surface area contributed by atoms with Crippen molar-refractivity contribution in [2.24, 2.45) is 5.73 Å². The van der Waals surface area contributed by atoms with Crippen LogP contribution in [0.2, 0.25) is 5.02 Å². The number of nitrogens with two attached hydrogens (primary N) is 1. The summed E-state index contributed by atoms with van der Waals surface area (Å²) >= 11 is 6.64. The van der Waals surface area contributed by atoms with E-state index in [1.54, 1.807) is 42.7 Å². The molecule has 1 atom stereocenters. The smallest absolute Gasteiger partial charge is 0.341 e. The zero-order valence-corrected chi connectivity index (χ0v) is 23.9. The van der Waals surface area contributed by atoms with Crippen LogP contribution in [0.25, 0.3) is 16.7 Å². The molecule has 210 valence electrons. The number of carbonyl (C=O) groups is 2. The highest BCUT2D eigenvalue weighted by Crippen LogP contribution is 2.43. The lowest BCUT2D eigenvalue weighted by Crippen LogP contribution is -2.53. The molecular formula is C28H27Cl2N3O6S. The predicted molar refractivity (Wildman–Crippen MR) is 151 cm³/mol. The highest BCUT2D eigenvalue weighted by atomic mass is 35.7. The van der Waals surface area contributed by atoms with E-state index in [1.165, 1.54) is 12.1 Å². The topological polar surface area (TPSA) is 132 Å². The molecule has 2 aliphatic rings. The van der Waals surface area contributed by atoms with E-state index in [2.05, 4.69) is 5.32 Å². The molecule has 1 spiro atoms. The Morgan fingerprint density at radius 1 is 1.18 bits per heavy atom. The summed E-state index contributed by atoms with van der Waals surface area (Å²) < 4.78 is 34.8. The van der Waals surface area contributed by atoms with E-state index in [1.807, 2.05) is 11.8 Å². The average Bonchev–Trinajstić information content (AvgIpc) is 3.50. The van der Waals surface area contributed by atoms with E-state index in [0.29, 0.717) is 58.1 Å². The molecule has 1 amide bonds. The lowest BCUT2D eigenvalue weighted by Gasteiger charge is -2.39. The minimum atomic E-state index is -3.92. The van der Waals surface area contributed by atoms with Crippen molar-refractivity contribution in [3.05, 3.63) is 82.4 Å². The van der Waals surface area contributed by atoms with E-state index in [4.69, 9.17) is 37.2 Å². The van der Waals surface area contributed by atoms with Gasteiger partial charge in [0.25, 0.3) is 9.05 Å². The second-order valence-corrected chi connectivity index (χ2v) is 12.9. The second kappa shape index (κ2) is 10.9. The van der Waals surface area contributed by atoms with Gasteiger partial charge in [-0.2, -0.15) is 0 Å². The zero-order valence-electron chi connectivity index (χ0n) is 21.6. The van der Waals surface area contributed by atoms with Crippen molar-refractivity contribution in [3.63, 3.8) is 0 Å². The Bertz CT molecular complexity index is 1620. The third-order valence-electron chi connectivity index (χ3n) is 7.20. The van der Waals surface area contributed by atoms with Crippen molar-refractivity contribution >= 4 is 48.8 Å². The number of nitrogens with zero attached hydrogens (tertiary/aromatic N) is 1. The van der Waals surface area contributed by atoms with Gasteiger partial charge in [-0.25, -0.2) is 13.2 Å². The standard InChI is InChI=1S/C28H27Cl2N3O6S/c1-17-11-22(18-5-2-7-20(12-18)40(30,36)37)23(29)13-21(17)25-26(31)28(39-27(25)35)8-4-9-33(16-28)15-24(34)32-14-19-6-3-10-38-19/h2-3,5-7,10-13H,4,8-9,14-16,31H2,1H3,(H,32,34)/t28-/m0/s1. The number of rotatable bonds is 7. The van der Waals surface area contributed by atoms with Crippen LogP contribution in [0.4, 0.5) is 0 Å². The number of halogens is 2. The molecule has 0 saturated carbocycles. The highest BCUT2D eigenvalue weighted by Gasteiger charge is 2.49. The molecule has 0 bridgehead atoms. The van der Waals surface area contributed by atoms with Crippen molar-refractivity contribution in [2.45, 2.75) is 36.8 Å². The molecule has 1 saturated heterocycles. The summed E-state index contributed by atoms with van der Waals surface area (Å²) in [7, 11) is 1.59. The third kappa shape index (κ3) is 5.62. The number of piperidine rings is 1. The van der Waals surface area contributed by atoms with Gasteiger partial charge in [0.15, 0.2) is 5.60 Å². The van der Waals surface area contributed by atoms with Gasteiger partial charge in [0.1, 0.15) is 5.76 Å². The van der Waals surface area contributed by atoms with Crippen LogP contribution >= 0.6 is 22.3 Å². The number of hydrogen-bond donors (Lipinski definition) is 2. The lowest BCUT2D eigenvalue weighted by molar-refractivity contribution is -0.149. The molecule has 0 unspecified atom stereocenters. The molecule has 9 nitrogen and oxygen atoms in total. The summed E-state index contributed by atoms with van der Waals surface area (Å²) in [5, 5.41) is 3.13. The minimum absolute atomic E-state index is 0.0470. The molecule has 3 aromatic rings. The maximum atomic E-state index is 13.2. The van der Waals surface area contributed by atoms with Crippen molar-refractivity contribution in [3.8, 4) is 11.1 Å². The minimum Gasteiger partial charge on any atom is -0.467 e. The molecule has 3 N–H and O–H groups in total. The van der Waals surface area contributed by atoms with Gasteiger partial charge >= 0.3 is 5.97 Å². The number of carbonyl (C=O) groups excluding carboxylic acids is 2. The number of ether oxygens (including phenoxy) is 1. The van der Waals surface area contributed by atoms with Crippen LogP contribution in [0.1, 0.15) is 29.7 Å². The molecule has 2 aliphatic heterocycles. The number of esters is 1. The van der Waals surface area contributed by atoms with Crippen molar-refractivity contribution in [1.82, 2.24) is 10.2 Å². The summed E-state index contributed by atoms with van der Waals surface area (Å²) in [6.07, 6.45) is 2.76. The number of aryl methyl sites for hydroxylation is 1. The molecular weight excluding hydrogens is 577 g/mol. The maximum Gasteiger partial charge on any atom is 0.341 e. The van der Waals surface area contributed by atoms with Crippen LogP contribution in [0.15, 0.2) is 69.8 Å². The van der Waals surface area contributed by atoms with E-state index in [0.717, 1.165) is 0 Å². The maximum absolute atomic E-state index is 13.2. The van der Waals surface area contributed by atoms with E-state index < -0.39 is 20.6 Å². The van der Waals surface area contributed by atoms with Crippen LogP contribution in [0.3, 0.4) is 0 Å². The van der Waals surface area contributed by atoms with E-state index >= 15 is 0 Å². The number of hydrogen-bond acceptors (Lipinski definition) is 8. The third-order valence-corrected chi connectivity index (χ3v) is 8.87. The Kier molecular flexibility index (Phi) is 7.71. The first-order valence-corrected chi connectivity index (χ1v) is 15.3. The quantitative estimate of drug-likeness (QED) is 0.303. The molecule has 2 aromatic carbocycles. The van der Waals surface area contributed by atoms with E-state index in [-0.39, 0.29) is 36.0 Å². The van der Waals surface area contributed by atoms with Gasteiger partial charge in [-0.05, 0) is 79.4 Å². The Morgan fingerprint density at radius 2 is 1.98 bits per heavy atom. The Hall–Kier alpha value is -3.31. The Morgan fingerprint density at radius 3 is 2.70 bits per heavy atom. The molecule has 3 heterocycles. The zero-order chi connectivity index (χ0) is 28.7. The van der Waals surface area contributed by atoms with Gasteiger partial charge in [-0.1, -0.05) is 23.7 Å². The van der Waals surface area contributed by atoms with Crippen molar-refractivity contribution < 1.29 is 27.2 Å². The summed E-state index contributed by atoms with van der Waals surface area (Å²) in [6, 6.07) is 13.1. The fraction of sp³-hybridized carbons (Fsp3) is 0.286. The number of amides is 1. The number of benzene rings is 2. The van der Waals surface area contributed by atoms with Crippen LogP contribution in [-0.2, 0) is 29.9 Å². The molecule has 0 radical (unpaired) electrons. The molecule has 12 heteroatoms. The van der Waals surface area contributed by atoms with Gasteiger partial charge in [0.05, 0.1) is 35.5 Å². The molecule has 0 aliphatic carbocycles. The van der Waals surface area contributed by atoms with Gasteiger partial charge in [-0.15, -0.1) is 0 Å². The van der Waals surface area contributed by atoms with Gasteiger partial charge in [0, 0.05) is 27.8 Å². The average molecular weight is 605 g/mol. The lowest BCUT2D eigenvalue weighted by atomic mass is 9.86. The number of nitrogens with one attached hydrogen (secondary N) is 1. The van der Waals surface area contributed by atoms with Crippen molar-refractivity contribution in [2.75, 3.05) is 19.6 Å². The largest absolute Gasteiger partial charge is 0.467 e. The second-order valence-electron chi connectivity index (χ2n) is 9.96. The predicted octanol–water partition coefficient (Wildman–Crippen LogP) is 4.21. The monoisotopic (exact) mass is 603 g/mol. The normalized spacial score (nSPS) is 19.7. The molecule has 1 aromatic heterocycles. The van der Waals surface area contributed by atoms with E-state index in [9.17, 15) is 18.0 Å². The first kappa shape index (κ1) is 28.2. The Balaban J connectivity index is 1.39. The van der Waals surface area contributed by atoms with Gasteiger partial charge < -0.3 is 20.2 Å². The van der Waals surface area contributed by atoms with Gasteiger partial charge in [-0.3, -0.25) is 9.69 Å². The van der Waals surface area contributed by atoms with Crippen molar-refractivity contribution in [1.29, 1.82) is 0 Å². The molecule has 40 heavy (non-hydrogen) atoms. The first-order chi connectivity index (χ1) is 19.0. The Labute approximate surface area is 241 Å². The summed E-state index contributed by atoms with van der Waals surface area (Å²) in [5.41, 5.74) is 8.50. The fourth-order valence-electron chi connectivity index (χ4n) is 5.27. The number of likely N-dealkylation sites (tertiary alicyclic amines) is 1. The number of furan rings is 1. The van der Waals surface area contributed by atoms with Crippen LogP contribution in [-0.4, -0.2) is 50.4 Å². The molecule has 5 rings (SSSR count).